The van der Waals surface area contributed by atoms with Gasteiger partial charge in [0.1, 0.15) is 0 Å². The van der Waals surface area contributed by atoms with E-state index in [1.54, 1.807) is 35.6 Å². The lowest BCUT2D eigenvalue weighted by atomic mass is 10.1. The SMILES string of the molecule is Cc1csc(N2CCN(C(=O)c3ccc(C(=O)NC4CC4)cc3)CC2C)n1. The molecule has 142 valence electrons. The monoisotopic (exact) mass is 384 g/mol. The van der Waals surface area contributed by atoms with E-state index in [4.69, 9.17) is 0 Å². The van der Waals surface area contributed by atoms with E-state index in [1.165, 1.54) is 0 Å². The first kappa shape index (κ1) is 18.0. The molecule has 0 spiro atoms. The highest BCUT2D eigenvalue weighted by atomic mass is 32.1. The topological polar surface area (TPSA) is 65.5 Å². The van der Waals surface area contributed by atoms with Crippen molar-refractivity contribution in [2.75, 3.05) is 24.5 Å². The second kappa shape index (κ2) is 7.31. The van der Waals surface area contributed by atoms with E-state index in [0.29, 0.717) is 30.3 Å². The Labute approximate surface area is 163 Å². The van der Waals surface area contributed by atoms with Crippen molar-refractivity contribution in [3.05, 3.63) is 46.5 Å². The van der Waals surface area contributed by atoms with Gasteiger partial charge in [-0.05, 0) is 51.0 Å². The maximum Gasteiger partial charge on any atom is 0.253 e. The Bertz CT molecular complexity index is 844. The van der Waals surface area contributed by atoms with Gasteiger partial charge < -0.3 is 15.1 Å². The Morgan fingerprint density at radius 2 is 1.85 bits per heavy atom. The van der Waals surface area contributed by atoms with Crippen LogP contribution in [0.25, 0.3) is 0 Å². The number of hydrogen-bond donors (Lipinski definition) is 1. The zero-order valence-corrected chi connectivity index (χ0v) is 16.5. The van der Waals surface area contributed by atoms with Crippen LogP contribution in [0.5, 0.6) is 0 Å². The maximum absolute atomic E-state index is 12.9. The molecule has 7 heteroatoms. The van der Waals surface area contributed by atoms with Crippen molar-refractivity contribution in [1.82, 2.24) is 15.2 Å². The summed E-state index contributed by atoms with van der Waals surface area (Å²) in [7, 11) is 0. The van der Waals surface area contributed by atoms with Gasteiger partial charge in [0.2, 0.25) is 0 Å². The van der Waals surface area contributed by atoms with Gasteiger partial charge in [0.15, 0.2) is 5.13 Å². The molecular formula is C20H24N4O2S. The van der Waals surface area contributed by atoms with Crippen molar-refractivity contribution in [2.45, 2.75) is 38.8 Å². The van der Waals surface area contributed by atoms with Crippen LogP contribution in [-0.4, -0.2) is 53.4 Å². The Morgan fingerprint density at radius 3 is 2.44 bits per heavy atom. The zero-order chi connectivity index (χ0) is 19.0. The molecule has 2 aromatic rings. The van der Waals surface area contributed by atoms with Gasteiger partial charge in [-0.15, -0.1) is 11.3 Å². The number of benzene rings is 1. The predicted molar refractivity (Wildman–Crippen MR) is 106 cm³/mol. The normalized spacial score (nSPS) is 19.9. The fraction of sp³-hybridized carbons (Fsp3) is 0.450. The Morgan fingerprint density at radius 1 is 1.15 bits per heavy atom. The lowest BCUT2D eigenvalue weighted by Crippen LogP contribution is -2.53. The largest absolute Gasteiger partial charge is 0.349 e. The number of aryl methyl sites for hydroxylation is 1. The summed E-state index contributed by atoms with van der Waals surface area (Å²) in [4.78, 5) is 33.7. The number of aromatic nitrogens is 1. The van der Waals surface area contributed by atoms with Crippen molar-refractivity contribution in [3.63, 3.8) is 0 Å². The van der Waals surface area contributed by atoms with Crippen LogP contribution >= 0.6 is 11.3 Å². The molecule has 27 heavy (non-hydrogen) atoms. The Balaban J connectivity index is 1.39. The number of rotatable bonds is 4. The van der Waals surface area contributed by atoms with Crippen LogP contribution < -0.4 is 10.2 Å². The number of carbonyl (C=O) groups excluding carboxylic acids is 2. The third kappa shape index (κ3) is 3.98. The molecule has 0 radical (unpaired) electrons. The van der Waals surface area contributed by atoms with Gasteiger partial charge in [-0.2, -0.15) is 0 Å². The van der Waals surface area contributed by atoms with Gasteiger partial charge in [0.25, 0.3) is 11.8 Å². The number of hydrogen-bond acceptors (Lipinski definition) is 5. The molecule has 6 nitrogen and oxygen atoms in total. The molecule has 1 unspecified atom stereocenters. The molecule has 1 saturated heterocycles. The van der Waals surface area contributed by atoms with E-state index >= 15 is 0 Å². The van der Waals surface area contributed by atoms with E-state index in [1.807, 2.05) is 11.8 Å². The molecule has 4 rings (SSSR count). The molecule has 1 aliphatic carbocycles. The smallest absolute Gasteiger partial charge is 0.253 e. The number of carbonyl (C=O) groups is 2. The van der Waals surface area contributed by atoms with Crippen LogP contribution in [-0.2, 0) is 0 Å². The molecule has 1 aromatic heterocycles. The van der Waals surface area contributed by atoms with Gasteiger partial charge in [-0.1, -0.05) is 0 Å². The van der Waals surface area contributed by atoms with Crippen LogP contribution in [0, 0.1) is 6.92 Å². The maximum atomic E-state index is 12.9. The van der Waals surface area contributed by atoms with Crippen LogP contribution in [0.3, 0.4) is 0 Å². The molecule has 1 aliphatic heterocycles. The Kier molecular flexibility index (Phi) is 4.86. The molecule has 2 fully saturated rings. The second-order valence-electron chi connectivity index (χ2n) is 7.39. The van der Waals surface area contributed by atoms with Gasteiger partial charge in [0, 0.05) is 48.2 Å². The molecule has 2 amide bonds. The third-order valence-corrected chi connectivity index (χ3v) is 6.07. The molecule has 2 heterocycles. The van der Waals surface area contributed by atoms with Gasteiger partial charge in [-0.25, -0.2) is 4.98 Å². The highest BCUT2D eigenvalue weighted by molar-refractivity contribution is 7.13. The van der Waals surface area contributed by atoms with Crippen molar-refractivity contribution in [3.8, 4) is 0 Å². The lowest BCUT2D eigenvalue weighted by Gasteiger charge is -2.39. The number of anilines is 1. The summed E-state index contributed by atoms with van der Waals surface area (Å²) in [5.74, 6) is -0.0385. The van der Waals surface area contributed by atoms with Crippen LogP contribution in [0.4, 0.5) is 5.13 Å². The summed E-state index contributed by atoms with van der Waals surface area (Å²) >= 11 is 1.65. The van der Waals surface area contributed by atoms with Gasteiger partial charge in [-0.3, -0.25) is 9.59 Å². The van der Waals surface area contributed by atoms with Crippen molar-refractivity contribution in [1.29, 1.82) is 0 Å². The molecule has 1 atom stereocenters. The van der Waals surface area contributed by atoms with E-state index in [2.05, 4.69) is 27.5 Å². The minimum Gasteiger partial charge on any atom is -0.349 e. The van der Waals surface area contributed by atoms with Gasteiger partial charge >= 0.3 is 0 Å². The van der Waals surface area contributed by atoms with Crippen LogP contribution in [0.2, 0.25) is 0 Å². The fourth-order valence-electron chi connectivity index (χ4n) is 3.34. The first-order valence-electron chi connectivity index (χ1n) is 9.40. The standard InChI is InChI=1S/C20H24N4O2S/c1-13-12-27-20(21-13)24-10-9-23(11-14(24)2)19(26)16-5-3-15(4-6-16)18(25)22-17-7-8-17/h3-6,12,14,17H,7-11H2,1-2H3,(H,22,25). The Hall–Kier alpha value is -2.41. The van der Waals surface area contributed by atoms with Gasteiger partial charge in [0.05, 0.1) is 5.69 Å². The summed E-state index contributed by atoms with van der Waals surface area (Å²) in [6, 6.07) is 7.54. The summed E-state index contributed by atoms with van der Waals surface area (Å²) in [6.45, 7) is 6.25. The predicted octanol–water partition coefficient (Wildman–Crippen LogP) is 2.69. The van der Waals surface area contributed by atoms with E-state index < -0.39 is 0 Å². The number of nitrogens with one attached hydrogen (secondary N) is 1. The summed E-state index contributed by atoms with van der Waals surface area (Å²) in [5, 5.41) is 6.05. The zero-order valence-electron chi connectivity index (χ0n) is 15.6. The summed E-state index contributed by atoms with van der Waals surface area (Å²) in [6.07, 6.45) is 2.13. The third-order valence-electron chi connectivity index (χ3n) is 5.07. The highest BCUT2D eigenvalue weighted by Crippen LogP contribution is 2.25. The number of nitrogens with zero attached hydrogens (tertiary/aromatic N) is 3. The second-order valence-corrected chi connectivity index (χ2v) is 8.23. The molecule has 1 aromatic carbocycles. The number of thiazole rings is 1. The quantitative estimate of drug-likeness (QED) is 0.880. The molecule has 1 N–H and O–H groups in total. The fourth-order valence-corrected chi connectivity index (χ4v) is 4.27. The van der Waals surface area contributed by atoms with E-state index in [9.17, 15) is 9.59 Å². The number of amides is 2. The lowest BCUT2D eigenvalue weighted by molar-refractivity contribution is 0.0725. The van der Waals surface area contributed by atoms with Crippen LogP contribution in [0.1, 0.15) is 46.2 Å². The highest BCUT2D eigenvalue weighted by Gasteiger charge is 2.29. The molecule has 0 bridgehead atoms. The first-order valence-corrected chi connectivity index (χ1v) is 10.3. The minimum atomic E-state index is -0.0579. The van der Waals surface area contributed by atoms with E-state index in [-0.39, 0.29) is 17.9 Å². The number of piperazine rings is 1. The van der Waals surface area contributed by atoms with Crippen molar-refractivity contribution >= 4 is 28.3 Å². The molecule has 2 aliphatic rings. The van der Waals surface area contributed by atoms with E-state index in [0.717, 1.165) is 30.2 Å². The minimum absolute atomic E-state index is 0.0194. The summed E-state index contributed by atoms with van der Waals surface area (Å²) in [5.41, 5.74) is 2.27. The van der Waals surface area contributed by atoms with Crippen molar-refractivity contribution < 1.29 is 9.59 Å². The summed E-state index contributed by atoms with van der Waals surface area (Å²) < 4.78 is 0. The average molecular weight is 385 g/mol. The van der Waals surface area contributed by atoms with Crippen molar-refractivity contribution in [2.24, 2.45) is 0 Å². The molecular weight excluding hydrogens is 360 g/mol. The first-order chi connectivity index (χ1) is 13.0. The average Bonchev–Trinajstić information content (AvgIpc) is 3.38. The molecule has 1 saturated carbocycles. The van der Waals surface area contributed by atoms with Crippen LogP contribution in [0.15, 0.2) is 29.6 Å².